The van der Waals surface area contributed by atoms with Crippen LogP contribution in [-0.2, 0) is 23.5 Å². The third-order valence-electron chi connectivity index (χ3n) is 8.54. The van der Waals surface area contributed by atoms with Crippen LogP contribution in [0.25, 0.3) is 0 Å². The van der Waals surface area contributed by atoms with Crippen LogP contribution in [0.3, 0.4) is 0 Å². The summed E-state index contributed by atoms with van der Waals surface area (Å²) >= 11 is 0. The Kier molecular flexibility index (Phi) is 12.7. The number of ether oxygens (including phenoxy) is 2. The second-order valence-electron chi connectivity index (χ2n) is 13.6. The SMILES string of the molecule is C/C=C(/C)[C@H]1C/C=C(\C)[C@@H](O[Si](c2ccccc2)(c2ccccc2)C(C)(C)C)[C@H](OC(=O)CC(C)C)C(O)C/C=C(/C)C(=O)O1. The van der Waals surface area contributed by atoms with Crippen LogP contribution in [0.15, 0.2) is 95.6 Å². The lowest BCUT2D eigenvalue weighted by Gasteiger charge is -2.47. The van der Waals surface area contributed by atoms with E-state index in [1.54, 1.807) is 13.0 Å². The van der Waals surface area contributed by atoms with Crippen molar-refractivity contribution in [2.45, 2.75) is 111 Å². The zero-order chi connectivity index (χ0) is 33.4. The van der Waals surface area contributed by atoms with Gasteiger partial charge in [-0.2, -0.15) is 0 Å². The summed E-state index contributed by atoms with van der Waals surface area (Å²) in [5.41, 5.74) is 2.12. The molecule has 1 heterocycles. The van der Waals surface area contributed by atoms with E-state index in [-0.39, 0.29) is 23.8 Å². The molecule has 1 N–H and O–H groups in total. The summed E-state index contributed by atoms with van der Waals surface area (Å²) in [5.74, 6) is -0.753. The minimum Gasteiger partial charge on any atom is -0.456 e. The molecular weight excluding hydrogens is 580 g/mol. The number of allylic oxidation sites excluding steroid dienone is 1. The highest BCUT2D eigenvalue weighted by Crippen LogP contribution is 2.39. The van der Waals surface area contributed by atoms with Crippen LogP contribution in [0.2, 0.25) is 5.04 Å². The molecule has 0 fully saturated rings. The molecule has 0 aliphatic carbocycles. The van der Waals surface area contributed by atoms with Gasteiger partial charge in [-0.15, -0.1) is 0 Å². The number of esters is 2. The molecule has 2 aromatic rings. The maximum Gasteiger partial charge on any atom is 0.333 e. The topological polar surface area (TPSA) is 82.1 Å². The van der Waals surface area contributed by atoms with Gasteiger partial charge in [-0.05, 0) is 66.6 Å². The Morgan fingerprint density at radius 2 is 1.56 bits per heavy atom. The second kappa shape index (κ2) is 15.8. The lowest BCUT2D eigenvalue weighted by atomic mass is 9.96. The normalized spacial score (nSPS) is 24.8. The van der Waals surface area contributed by atoms with Gasteiger partial charge in [-0.25, -0.2) is 4.79 Å². The van der Waals surface area contributed by atoms with E-state index in [2.05, 4.69) is 45.0 Å². The average molecular weight is 633 g/mol. The highest BCUT2D eigenvalue weighted by molar-refractivity contribution is 6.99. The maximum absolute atomic E-state index is 13.3. The highest BCUT2D eigenvalue weighted by Gasteiger charge is 2.53. The molecule has 0 bridgehead atoms. The number of rotatable bonds is 8. The summed E-state index contributed by atoms with van der Waals surface area (Å²) in [5, 5.41) is 13.6. The quantitative estimate of drug-likeness (QED) is 0.196. The molecule has 244 valence electrons. The fourth-order valence-corrected chi connectivity index (χ4v) is 10.6. The summed E-state index contributed by atoms with van der Waals surface area (Å²) in [6.45, 7) is 18.0. The minimum atomic E-state index is -3.15. The van der Waals surface area contributed by atoms with E-state index >= 15 is 0 Å². The van der Waals surface area contributed by atoms with Crippen molar-refractivity contribution < 1.29 is 28.6 Å². The molecule has 7 heteroatoms. The standard InChI is InChI=1S/C38H52O6Si/c1-10-27(4)33-24-22-28(5)35(36(43-34(40)25-26(2)3)32(39)23-21-29(6)37(41)42-33)44-45(38(7,8)9,30-17-13-11-14-18-30)31-19-15-12-16-20-31/h10-22,26,32-33,35-36,39H,23-25H2,1-9H3/b27-10-,28-22+,29-21-/t32?,33-,35-,36-/m1/s1. The van der Waals surface area contributed by atoms with E-state index in [4.69, 9.17) is 13.9 Å². The molecule has 0 amide bonds. The number of aliphatic hydroxyl groups excluding tert-OH is 1. The molecule has 6 nitrogen and oxygen atoms in total. The first kappa shape index (κ1) is 36.2. The lowest BCUT2D eigenvalue weighted by molar-refractivity contribution is -0.162. The van der Waals surface area contributed by atoms with Crippen LogP contribution >= 0.6 is 0 Å². The van der Waals surface area contributed by atoms with Gasteiger partial charge >= 0.3 is 11.9 Å². The van der Waals surface area contributed by atoms with Crippen LogP contribution in [-0.4, -0.2) is 49.8 Å². The van der Waals surface area contributed by atoms with Crippen molar-refractivity contribution in [3.63, 3.8) is 0 Å². The van der Waals surface area contributed by atoms with E-state index in [1.165, 1.54) is 0 Å². The molecule has 0 saturated carbocycles. The van der Waals surface area contributed by atoms with Gasteiger partial charge in [0.15, 0.2) is 6.10 Å². The molecule has 4 atom stereocenters. The third kappa shape index (κ3) is 8.93. The van der Waals surface area contributed by atoms with Gasteiger partial charge in [0.25, 0.3) is 8.32 Å². The lowest BCUT2D eigenvalue weighted by Crippen LogP contribution is -2.69. The summed E-state index contributed by atoms with van der Waals surface area (Å²) in [6.07, 6.45) is 2.91. The fourth-order valence-electron chi connectivity index (χ4n) is 5.84. The largest absolute Gasteiger partial charge is 0.456 e. The van der Waals surface area contributed by atoms with Crippen LogP contribution in [0.4, 0.5) is 0 Å². The van der Waals surface area contributed by atoms with Crippen molar-refractivity contribution in [1.29, 1.82) is 0 Å². The predicted octanol–water partition coefficient (Wildman–Crippen LogP) is 6.81. The molecule has 0 saturated heterocycles. The van der Waals surface area contributed by atoms with Crippen molar-refractivity contribution in [3.8, 4) is 0 Å². The molecular formula is C38H52O6Si. The van der Waals surface area contributed by atoms with Gasteiger partial charge in [-0.3, -0.25) is 4.79 Å². The molecule has 45 heavy (non-hydrogen) atoms. The Balaban J connectivity index is 2.32. The molecule has 0 spiro atoms. The van der Waals surface area contributed by atoms with Crippen molar-refractivity contribution in [2.24, 2.45) is 5.92 Å². The summed E-state index contributed by atoms with van der Waals surface area (Å²) in [6, 6.07) is 20.6. The molecule has 1 aliphatic rings. The Morgan fingerprint density at radius 3 is 2.04 bits per heavy atom. The number of carbonyl (C=O) groups is 2. The maximum atomic E-state index is 13.3. The van der Waals surface area contributed by atoms with Gasteiger partial charge in [0, 0.05) is 18.4 Å². The van der Waals surface area contributed by atoms with Gasteiger partial charge in [0.1, 0.15) is 12.2 Å². The van der Waals surface area contributed by atoms with E-state index < -0.39 is 44.7 Å². The fraction of sp³-hybridized carbons (Fsp3) is 0.474. The second-order valence-corrected chi connectivity index (χ2v) is 17.8. The zero-order valence-corrected chi connectivity index (χ0v) is 29.5. The van der Waals surface area contributed by atoms with Crippen LogP contribution in [0.1, 0.15) is 81.6 Å². The summed E-state index contributed by atoms with van der Waals surface area (Å²) in [7, 11) is -3.15. The van der Waals surface area contributed by atoms with E-state index in [1.807, 2.05) is 83.2 Å². The molecule has 3 rings (SSSR count). The Morgan fingerprint density at radius 1 is 1.00 bits per heavy atom. The average Bonchev–Trinajstić information content (AvgIpc) is 3.00. The van der Waals surface area contributed by atoms with Gasteiger partial charge in [0.05, 0.1) is 6.10 Å². The van der Waals surface area contributed by atoms with Crippen LogP contribution < -0.4 is 10.4 Å². The van der Waals surface area contributed by atoms with Gasteiger partial charge in [-0.1, -0.05) is 114 Å². The first-order valence-electron chi connectivity index (χ1n) is 16.0. The molecule has 1 aliphatic heterocycles. The molecule has 2 aromatic carbocycles. The van der Waals surface area contributed by atoms with E-state index in [9.17, 15) is 14.7 Å². The van der Waals surface area contributed by atoms with Crippen molar-refractivity contribution in [2.75, 3.05) is 0 Å². The highest BCUT2D eigenvalue weighted by atomic mass is 28.4. The first-order valence-corrected chi connectivity index (χ1v) is 18.0. The Bertz CT molecular complexity index is 1330. The van der Waals surface area contributed by atoms with Gasteiger partial charge < -0.3 is 19.0 Å². The van der Waals surface area contributed by atoms with Gasteiger partial charge in [0.2, 0.25) is 0 Å². The van der Waals surface area contributed by atoms with Crippen molar-refractivity contribution in [3.05, 3.63) is 95.6 Å². The van der Waals surface area contributed by atoms with E-state index in [0.29, 0.717) is 12.0 Å². The number of hydrogen-bond donors (Lipinski definition) is 1. The van der Waals surface area contributed by atoms with Crippen LogP contribution in [0.5, 0.6) is 0 Å². The first-order chi connectivity index (χ1) is 21.2. The van der Waals surface area contributed by atoms with Crippen molar-refractivity contribution >= 4 is 30.6 Å². The third-order valence-corrected chi connectivity index (χ3v) is 13.6. The number of aliphatic hydroxyl groups is 1. The predicted molar refractivity (Wildman–Crippen MR) is 184 cm³/mol. The summed E-state index contributed by atoms with van der Waals surface area (Å²) in [4.78, 5) is 26.3. The number of hydrogen-bond acceptors (Lipinski definition) is 6. The molecule has 1 unspecified atom stereocenters. The van der Waals surface area contributed by atoms with Crippen molar-refractivity contribution in [1.82, 2.24) is 0 Å². The number of benzene rings is 2. The Hall–Kier alpha value is -3.26. The Labute approximate surface area is 271 Å². The molecule has 0 radical (unpaired) electrons. The zero-order valence-electron chi connectivity index (χ0n) is 28.5. The monoisotopic (exact) mass is 632 g/mol. The number of carbonyl (C=O) groups excluding carboxylic acids is 2. The van der Waals surface area contributed by atoms with E-state index in [0.717, 1.165) is 21.5 Å². The number of cyclic esters (lactones) is 1. The summed E-state index contributed by atoms with van der Waals surface area (Å²) < 4.78 is 19.7. The van der Waals surface area contributed by atoms with Crippen LogP contribution in [0, 0.1) is 5.92 Å². The smallest absolute Gasteiger partial charge is 0.333 e. The molecule has 0 aromatic heterocycles. The minimum absolute atomic E-state index is 0.0787.